The molecule has 12 heavy (non-hydrogen) atoms. The number of hydrogen-bond acceptors (Lipinski definition) is 1. The maximum atomic E-state index is 3.19. The summed E-state index contributed by atoms with van der Waals surface area (Å²) in [6.45, 7) is 8.16. The number of hydrogen-bond donors (Lipinski definition) is 1. The van der Waals surface area contributed by atoms with Gasteiger partial charge in [-0.1, -0.05) is 40.0 Å². The van der Waals surface area contributed by atoms with E-state index in [-0.39, 0.29) is 0 Å². The summed E-state index contributed by atoms with van der Waals surface area (Å²) in [6.07, 6.45) is 5.48. The predicted molar refractivity (Wildman–Crippen MR) is 56.4 cm³/mol. The molecule has 0 aliphatic rings. The largest absolute Gasteiger partial charge is 0.320 e. The molecule has 1 atom stereocenters. The highest BCUT2D eigenvalue weighted by Gasteiger charge is 2.09. The zero-order valence-corrected chi connectivity index (χ0v) is 9.19. The summed E-state index contributed by atoms with van der Waals surface area (Å²) in [4.78, 5) is 0. The fourth-order valence-corrected chi connectivity index (χ4v) is 1.72. The van der Waals surface area contributed by atoms with Gasteiger partial charge in [0.25, 0.3) is 0 Å². The Balaban J connectivity index is 3.32. The normalized spacial score (nSPS) is 13.8. The second kappa shape index (κ2) is 7.60. The Bertz CT molecular complexity index is 89.0. The minimum absolute atomic E-state index is 0.865. The zero-order valence-electron chi connectivity index (χ0n) is 9.19. The first-order valence-electron chi connectivity index (χ1n) is 5.37. The van der Waals surface area contributed by atoms with Gasteiger partial charge in [-0.2, -0.15) is 0 Å². The third-order valence-corrected chi connectivity index (χ3v) is 2.72. The summed E-state index contributed by atoms with van der Waals surface area (Å²) in [5.41, 5.74) is 0. The van der Waals surface area contributed by atoms with Crippen LogP contribution in [0.2, 0.25) is 0 Å². The van der Waals surface area contributed by atoms with E-state index in [1.54, 1.807) is 0 Å². The maximum Gasteiger partial charge on any atom is -0.00519 e. The van der Waals surface area contributed by atoms with Gasteiger partial charge in [-0.3, -0.25) is 0 Å². The Morgan fingerprint density at radius 3 is 2.25 bits per heavy atom. The second-order valence-corrected chi connectivity index (χ2v) is 4.01. The van der Waals surface area contributed by atoms with Crippen molar-refractivity contribution in [1.29, 1.82) is 0 Å². The zero-order chi connectivity index (χ0) is 9.40. The van der Waals surface area contributed by atoms with Crippen LogP contribution in [0.15, 0.2) is 0 Å². The molecule has 1 heteroatoms. The fourth-order valence-electron chi connectivity index (χ4n) is 1.72. The number of unbranched alkanes of at least 4 members (excludes halogenated alkanes) is 1. The molecule has 0 aromatic heterocycles. The molecule has 1 N–H and O–H groups in total. The van der Waals surface area contributed by atoms with Crippen molar-refractivity contribution in [3.8, 4) is 0 Å². The highest BCUT2D eigenvalue weighted by atomic mass is 14.8. The molecule has 0 rings (SSSR count). The van der Waals surface area contributed by atoms with Gasteiger partial charge in [-0.25, -0.2) is 0 Å². The van der Waals surface area contributed by atoms with E-state index in [0.29, 0.717) is 0 Å². The molecule has 0 aliphatic carbocycles. The van der Waals surface area contributed by atoms with Crippen molar-refractivity contribution >= 4 is 0 Å². The average molecular weight is 171 g/mol. The van der Waals surface area contributed by atoms with Crippen LogP contribution in [0, 0.1) is 11.8 Å². The molecule has 0 aromatic carbocycles. The van der Waals surface area contributed by atoms with Gasteiger partial charge in [-0.15, -0.1) is 0 Å². The predicted octanol–water partition coefficient (Wildman–Crippen LogP) is 3.06. The van der Waals surface area contributed by atoms with Gasteiger partial charge in [0.05, 0.1) is 0 Å². The molecule has 74 valence electrons. The summed E-state index contributed by atoms with van der Waals surface area (Å²) in [5.74, 6) is 1.81. The third kappa shape index (κ3) is 5.59. The quantitative estimate of drug-likeness (QED) is 0.580. The van der Waals surface area contributed by atoms with Crippen molar-refractivity contribution in [2.75, 3.05) is 13.6 Å². The number of rotatable bonds is 7. The lowest BCUT2D eigenvalue weighted by Crippen LogP contribution is -2.10. The molecule has 1 nitrogen and oxygen atoms in total. The molecule has 0 aliphatic heterocycles. The lowest BCUT2D eigenvalue weighted by Gasteiger charge is -2.18. The standard InChI is InChI=1S/C11H25N/c1-5-11(10(2)3)8-6-7-9-12-4/h10-12H,5-9H2,1-4H3/t11-/m1/s1. The van der Waals surface area contributed by atoms with Crippen LogP contribution < -0.4 is 5.32 Å². The lowest BCUT2D eigenvalue weighted by molar-refractivity contribution is 0.337. The molecule has 0 saturated carbocycles. The van der Waals surface area contributed by atoms with Crippen LogP contribution in [0.5, 0.6) is 0 Å². The molecular formula is C11H25N. The van der Waals surface area contributed by atoms with Crippen molar-refractivity contribution in [3.05, 3.63) is 0 Å². The van der Waals surface area contributed by atoms with Gasteiger partial charge in [-0.05, 0) is 31.8 Å². The summed E-state index contributed by atoms with van der Waals surface area (Å²) >= 11 is 0. The van der Waals surface area contributed by atoms with Crippen molar-refractivity contribution in [1.82, 2.24) is 5.32 Å². The first-order chi connectivity index (χ1) is 5.72. The Hall–Kier alpha value is -0.0400. The van der Waals surface area contributed by atoms with Crippen molar-refractivity contribution in [2.45, 2.75) is 46.5 Å². The van der Waals surface area contributed by atoms with Gasteiger partial charge < -0.3 is 5.32 Å². The highest BCUT2D eigenvalue weighted by molar-refractivity contribution is 4.61. The van der Waals surface area contributed by atoms with Crippen LogP contribution in [-0.4, -0.2) is 13.6 Å². The van der Waals surface area contributed by atoms with E-state index in [1.165, 1.54) is 32.2 Å². The SMILES string of the molecule is CC[C@H](CCCCNC)C(C)C. The molecule has 0 heterocycles. The summed E-state index contributed by atoms with van der Waals surface area (Å²) in [6, 6.07) is 0. The summed E-state index contributed by atoms with van der Waals surface area (Å²) in [7, 11) is 2.03. The van der Waals surface area contributed by atoms with Gasteiger partial charge >= 0.3 is 0 Å². The minimum Gasteiger partial charge on any atom is -0.320 e. The average Bonchev–Trinajstić information content (AvgIpc) is 2.04. The first kappa shape index (κ1) is 12.0. The molecule has 0 spiro atoms. The van der Waals surface area contributed by atoms with E-state index in [2.05, 4.69) is 26.1 Å². The van der Waals surface area contributed by atoms with E-state index < -0.39 is 0 Å². The van der Waals surface area contributed by atoms with Crippen LogP contribution in [0.3, 0.4) is 0 Å². The van der Waals surface area contributed by atoms with E-state index in [0.717, 1.165) is 11.8 Å². The van der Waals surface area contributed by atoms with E-state index in [9.17, 15) is 0 Å². The Kier molecular flexibility index (Phi) is 7.58. The molecule has 0 amide bonds. The Morgan fingerprint density at radius 1 is 1.17 bits per heavy atom. The monoisotopic (exact) mass is 171 g/mol. The van der Waals surface area contributed by atoms with E-state index in [4.69, 9.17) is 0 Å². The molecule has 0 radical (unpaired) electrons. The van der Waals surface area contributed by atoms with Crippen molar-refractivity contribution in [3.63, 3.8) is 0 Å². The second-order valence-electron chi connectivity index (χ2n) is 4.01. The van der Waals surface area contributed by atoms with E-state index >= 15 is 0 Å². The topological polar surface area (TPSA) is 12.0 Å². The molecule has 0 saturated heterocycles. The third-order valence-electron chi connectivity index (χ3n) is 2.72. The van der Waals surface area contributed by atoms with Crippen LogP contribution in [0.4, 0.5) is 0 Å². The first-order valence-corrected chi connectivity index (χ1v) is 5.37. The highest BCUT2D eigenvalue weighted by Crippen LogP contribution is 2.20. The Labute approximate surface area is 77.9 Å². The summed E-state index contributed by atoms with van der Waals surface area (Å²) < 4.78 is 0. The van der Waals surface area contributed by atoms with Crippen LogP contribution in [-0.2, 0) is 0 Å². The van der Waals surface area contributed by atoms with Gasteiger partial charge in [0, 0.05) is 0 Å². The fraction of sp³-hybridized carbons (Fsp3) is 1.00. The maximum absolute atomic E-state index is 3.19. The number of nitrogens with one attached hydrogen (secondary N) is 1. The lowest BCUT2D eigenvalue weighted by atomic mass is 9.88. The van der Waals surface area contributed by atoms with E-state index in [1.807, 2.05) is 7.05 Å². The minimum atomic E-state index is 0.865. The van der Waals surface area contributed by atoms with Gasteiger partial charge in [0.2, 0.25) is 0 Å². The van der Waals surface area contributed by atoms with Gasteiger partial charge in [0.1, 0.15) is 0 Å². The molecule has 0 unspecified atom stereocenters. The van der Waals surface area contributed by atoms with Crippen molar-refractivity contribution < 1.29 is 0 Å². The molecular weight excluding hydrogens is 146 g/mol. The molecule has 0 aromatic rings. The van der Waals surface area contributed by atoms with Crippen molar-refractivity contribution in [2.24, 2.45) is 11.8 Å². The molecule has 0 bridgehead atoms. The Morgan fingerprint density at radius 2 is 1.83 bits per heavy atom. The smallest absolute Gasteiger partial charge is 0.00519 e. The van der Waals surface area contributed by atoms with Gasteiger partial charge in [0.15, 0.2) is 0 Å². The van der Waals surface area contributed by atoms with Crippen LogP contribution in [0.1, 0.15) is 46.5 Å². The molecule has 0 fully saturated rings. The summed E-state index contributed by atoms with van der Waals surface area (Å²) in [5, 5.41) is 3.19. The van der Waals surface area contributed by atoms with Crippen LogP contribution >= 0.6 is 0 Å². The van der Waals surface area contributed by atoms with Crippen LogP contribution in [0.25, 0.3) is 0 Å².